The van der Waals surface area contributed by atoms with E-state index in [2.05, 4.69) is 4.72 Å². The van der Waals surface area contributed by atoms with E-state index in [1.165, 1.54) is 31.2 Å². The lowest BCUT2D eigenvalue weighted by molar-refractivity contribution is -0.145. The Bertz CT molecular complexity index is 660. The first-order valence-corrected chi connectivity index (χ1v) is 8.82. The van der Waals surface area contributed by atoms with Crippen molar-refractivity contribution >= 4 is 33.5 Å². The number of amides is 1. The number of carbonyl (C=O) groups is 2. The van der Waals surface area contributed by atoms with Crippen LogP contribution in [0.15, 0.2) is 29.2 Å². The number of benzene rings is 1. The molecule has 1 amide bonds. The fraction of sp³-hybridized carbons (Fsp3) is 0.429. The largest absolute Gasteiger partial charge is 0.480 e. The van der Waals surface area contributed by atoms with E-state index in [1.54, 1.807) is 6.92 Å². The van der Waals surface area contributed by atoms with Crippen LogP contribution < -0.4 is 4.72 Å². The maximum Gasteiger partial charge on any atom is 0.323 e. The highest BCUT2D eigenvalue weighted by molar-refractivity contribution is 7.89. The second-order valence-electron chi connectivity index (χ2n) is 4.95. The number of carboxylic acids is 1. The monoisotopic (exact) mass is 362 g/mol. The van der Waals surface area contributed by atoms with Gasteiger partial charge in [0.05, 0.1) is 10.9 Å². The molecule has 1 aromatic carbocycles. The number of nitrogens with one attached hydrogen (secondary N) is 1. The van der Waals surface area contributed by atoms with Gasteiger partial charge >= 0.3 is 5.97 Å². The Hall–Kier alpha value is -1.64. The van der Waals surface area contributed by atoms with Gasteiger partial charge in [0, 0.05) is 11.6 Å². The van der Waals surface area contributed by atoms with Crippen LogP contribution in [0.5, 0.6) is 0 Å². The van der Waals surface area contributed by atoms with Crippen molar-refractivity contribution in [3.8, 4) is 0 Å². The molecule has 0 aliphatic rings. The van der Waals surface area contributed by atoms with Gasteiger partial charge in [0.15, 0.2) is 0 Å². The van der Waals surface area contributed by atoms with Gasteiger partial charge < -0.3 is 10.0 Å². The van der Waals surface area contributed by atoms with Crippen LogP contribution in [0.2, 0.25) is 5.02 Å². The fourth-order valence-corrected chi connectivity index (χ4v) is 3.26. The standard InChI is InChI=1S/C14H19ClN2O5S/c1-3-8-17(9-13(18)19)14(20)10(2)16-23(21,22)12-6-4-11(15)5-7-12/h4-7,10,16H,3,8-9H2,1-2H3,(H,18,19). The molecule has 1 atom stereocenters. The molecule has 0 saturated heterocycles. The summed E-state index contributed by atoms with van der Waals surface area (Å²) in [6, 6.07) is 4.42. The summed E-state index contributed by atoms with van der Waals surface area (Å²) in [5, 5.41) is 9.22. The molecule has 128 valence electrons. The van der Waals surface area contributed by atoms with Gasteiger partial charge in [0.25, 0.3) is 0 Å². The fourth-order valence-electron chi connectivity index (χ4n) is 1.94. The molecule has 1 rings (SSSR count). The Morgan fingerprint density at radius 1 is 1.30 bits per heavy atom. The van der Waals surface area contributed by atoms with E-state index >= 15 is 0 Å². The molecule has 0 heterocycles. The minimum atomic E-state index is -3.90. The van der Waals surface area contributed by atoms with Crippen molar-refractivity contribution in [1.82, 2.24) is 9.62 Å². The highest BCUT2D eigenvalue weighted by Crippen LogP contribution is 2.14. The summed E-state index contributed by atoms with van der Waals surface area (Å²) < 4.78 is 26.7. The number of sulfonamides is 1. The second-order valence-corrected chi connectivity index (χ2v) is 7.10. The van der Waals surface area contributed by atoms with E-state index in [1.807, 2.05) is 0 Å². The topological polar surface area (TPSA) is 104 Å². The van der Waals surface area contributed by atoms with E-state index in [9.17, 15) is 18.0 Å². The average molecular weight is 363 g/mol. The first-order valence-electron chi connectivity index (χ1n) is 6.96. The van der Waals surface area contributed by atoms with Crippen LogP contribution in [-0.4, -0.2) is 49.4 Å². The third-order valence-electron chi connectivity index (χ3n) is 2.96. The lowest BCUT2D eigenvalue weighted by Gasteiger charge is -2.24. The zero-order valence-corrected chi connectivity index (χ0v) is 14.4. The maximum absolute atomic E-state index is 12.2. The molecule has 0 aliphatic heterocycles. The Balaban J connectivity index is 2.87. The SMILES string of the molecule is CCCN(CC(=O)O)C(=O)C(C)NS(=O)(=O)c1ccc(Cl)cc1. The molecule has 1 aromatic rings. The molecule has 0 fully saturated rings. The average Bonchev–Trinajstić information content (AvgIpc) is 2.45. The predicted octanol–water partition coefficient (Wildman–Crippen LogP) is 1.33. The summed E-state index contributed by atoms with van der Waals surface area (Å²) in [4.78, 5) is 24.1. The van der Waals surface area contributed by atoms with Crippen molar-refractivity contribution in [3.05, 3.63) is 29.3 Å². The van der Waals surface area contributed by atoms with Crippen molar-refractivity contribution in [2.45, 2.75) is 31.2 Å². The quantitative estimate of drug-likeness (QED) is 0.726. The molecule has 0 radical (unpaired) electrons. The molecule has 0 saturated carbocycles. The van der Waals surface area contributed by atoms with Crippen molar-refractivity contribution in [2.75, 3.05) is 13.1 Å². The smallest absolute Gasteiger partial charge is 0.323 e. The van der Waals surface area contributed by atoms with Crippen LogP contribution in [-0.2, 0) is 19.6 Å². The summed E-state index contributed by atoms with van der Waals surface area (Å²) in [5.74, 6) is -1.74. The predicted molar refractivity (Wildman–Crippen MR) is 85.7 cm³/mol. The number of halogens is 1. The number of carbonyl (C=O) groups excluding carboxylic acids is 1. The number of hydrogen-bond acceptors (Lipinski definition) is 4. The molecule has 7 nitrogen and oxygen atoms in total. The first-order chi connectivity index (χ1) is 10.7. The van der Waals surface area contributed by atoms with Gasteiger partial charge in [-0.2, -0.15) is 4.72 Å². The van der Waals surface area contributed by atoms with Crippen LogP contribution >= 0.6 is 11.6 Å². The Morgan fingerprint density at radius 3 is 2.35 bits per heavy atom. The molecule has 1 unspecified atom stereocenters. The van der Waals surface area contributed by atoms with Crippen molar-refractivity contribution in [3.63, 3.8) is 0 Å². The highest BCUT2D eigenvalue weighted by Gasteiger charge is 2.26. The molecular formula is C14H19ClN2O5S. The number of rotatable bonds is 8. The summed E-state index contributed by atoms with van der Waals surface area (Å²) in [6.07, 6.45) is 0.565. The Kier molecular flexibility index (Phi) is 6.99. The Morgan fingerprint density at radius 2 is 1.87 bits per heavy atom. The zero-order chi connectivity index (χ0) is 17.6. The zero-order valence-electron chi connectivity index (χ0n) is 12.8. The van der Waals surface area contributed by atoms with Gasteiger partial charge in [0.2, 0.25) is 15.9 Å². The molecule has 0 spiro atoms. The third-order valence-corrected chi connectivity index (χ3v) is 4.77. The number of nitrogens with zero attached hydrogens (tertiary/aromatic N) is 1. The number of aliphatic carboxylic acids is 1. The molecule has 23 heavy (non-hydrogen) atoms. The summed E-state index contributed by atoms with van der Waals surface area (Å²) in [5.41, 5.74) is 0. The summed E-state index contributed by atoms with van der Waals surface area (Å²) in [6.45, 7) is 2.93. The lowest BCUT2D eigenvalue weighted by atomic mass is 10.3. The summed E-state index contributed by atoms with van der Waals surface area (Å²) >= 11 is 5.71. The molecule has 2 N–H and O–H groups in total. The second kappa shape index (κ2) is 8.28. The van der Waals surface area contributed by atoms with Crippen LogP contribution in [0.3, 0.4) is 0 Å². The van der Waals surface area contributed by atoms with Gasteiger partial charge in [-0.05, 0) is 37.6 Å². The van der Waals surface area contributed by atoms with Crippen molar-refractivity contribution in [2.24, 2.45) is 0 Å². The molecular weight excluding hydrogens is 344 g/mol. The number of carboxylic acid groups (broad SMARTS) is 1. The van der Waals surface area contributed by atoms with Crippen molar-refractivity contribution < 1.29 is 23.1 Å². The summed E-state index contributed by atoms with van der Waals surface area (Å²) in [7, 11) is -3.90. The van der Waals surface area contributed by atoms with Gasteiger partial charge in [-0.1, -0.05) is 18.5 Å². The van der Waals surface area contributed by atoms with Crippen LogP contribution in [0.4, 0.5) is 0 Å². The number of hydrogen-bond donors (Lipinski definition) is 2. The van der Waals surface area contributed by atoms with Gasteiger partial charge in [-0.3, -0.25) is 9.59 Å². The third kappa shape index (κ3) is 5.81. The van der Waals surface area contributed by atoms with E-state index in [4.69, 9.17) is 16.7 Å². The van der Waals surface area contributed by atoms with Crippen LogP contribution in [0, 0.1) is 0 Å². The molecule has 0 aliphatic carbocycles. The van der Waals surface area contributed by atoms with Gasteiger partial charge in [0.1, 0.15) is 6.54 Å². The van der Waals surface area contributed by atoms with E-state index in [0.717, 1.165) is 4.90 Å². The van der Waals surface area contributed by atoms with Crippen molar-refractivity contribution in [1.29, 1.82) is 0 Å². The van der Waals surface area contributed by atoms with E-state index < -0.39 is 34.5 Å². The van der Waals surface area contributed by atoms with Crippen LogP contribution in [0.1, 0.15) is 20.3 Å². The van der Waals surface area contributed by atoms with Gasteiger partial charge in [-0.25, -0.2) is 8.42 Å². The first kappa shape index (κ1) is 19.4. The van der Waals surface area contributed by atoms with E-state index in [-0.39, 0.29) is 11.4 Å². The lowest BCUT2D eigenvalue weighted by Crippen LogP contribution is -2.48. The van der Waals surface area contributed by atoms with Gasteiger partial charge in [-0.15, -0.1) is 0 Å². The molecule has 0 aromatic heterocycles. The minimum Gasteiger partial charge on any atom is -0.480 e. The normalized spacial score (nSPS) is 12.7. The highest BCUT2D eigenvalue weighted by atomic mass is 35.5. The molecule has 9 heteroatoms. The maximum atomic E-state index is 12.2. The minimum absolute atomic E-state index is 0.0261. The van der Waals surface area contributed by atoms with E-state index in [0.29, 0.717) is 11.4 Å². The Labute approximate surface area is 140 Å². The van der Waals surface area contributed by atoms with Crippen LogP contribution in [0.25, 0.3) is 0 Å². The molecule has 0 bridgehead atoms.